The number of carbonyl (C=O) groups excluding carboxylic acids is 1. The monoisotopic (exact) mass is 614 g/mol. The summed E-state index contributed by atoms with van der Waals surface area (Å²) < 4.78 is 20.6. The quantitative estimate of drug-likeness (QED) is 0.246. The highest BCUT2D eigenvalue weighted by Crippen LogP contribution is 2.36. The number of aliphatic imine (C=N–C) groups is 1. The first-order chi connectivity index (χ1) is 20.8. The Kier molecular flexibility index (Phi) is 8.99. The van der Waals surface area contributed by atoms with Gasteiger partial charge in [0.15, 0.2) is 0 Å². The molecule has 4 aromatic rings. The minimum Gasteiger partial charge on any atom is -0.496 e. The van der Waals surface area contributed by atoms with E-state index >= 15 is 4.39 Å². The fourth-order valence-electron chi connectivity index (χ4n) is 5.73. The molecular weight excluding hydrogens is 579 g/mol. The molecule has 228 valence electrons. The molecule has 8 nitrogen and oxygen atoms in total. The fourth-order valence-corrected chi connectivity index (χ4v) is 5.90. The van der Waals surface area contributed by atoms with Crippen molar-refractivity contribution >= 4 is 34.9 Å². The number of carbonyl (C=O) groups is 1. The highest BCUT2D eigenvalue weighted by atomic mass is 35.5. The Morgan fingerprint density at radius 1 is 1.11 bits per heavy atom. The van der Waals surface area contributed by atoms with E-state index in [0.29, 0.717) is 45.8 Å². The van der Waals surface area contributed by atoms with Gasteiger partial charge in [0.2, 0.25) is 5.95 Å². The van der Waals surface area contributed by atoms with Crippen LogP contribution in [0.15, 0.2) is 71.9 Å². The summed E-state index contributed by atoms with van der Waals surface area (Å²) in [5.74, 6) is 0.335. The minimum absolute atomic E-state index is 0. The number of methoxy groups -OCH3 is 1. The molecule has 44 heavy (non-hydrogen) atoms. The van der Waals surface area contributed by atoms with Crippen molar-refractivity contribution in [2.24, 2.45) is 4.99 Å². The van der Waals surface area contributed by atoms with Crippen LogP contribution in [0.1, 0.15) is 54.2 Å². The van der Waals surface area contributed by atoms with E-state index in [1.807, 2.05) is 42.3 Å². The van der Waals surface area contributed by atoms with Crippen molar-refractivity contribution in [3.05, 3.63) is 100.0 Å². The summed E-state index contributed by atoms with van der Waals surface area (Å²) >= 11 is 6.41. The molecule has 2 N–H and O–H groups in total. The molecule has 1 unspecified atom stereocenters. The zero-order valence-corrected chi connectivity index (χ0v) is 25.0. The normalized spacial score (nSPS) is 17.4. The van der Waals surface area contributed by atoms with Gasteiger partial charge >= 0.3 is 0 Å². The lowest BCUT2D eigenvalue weighted by Crippen LogP contribution is -2.55. The maximum Gasteiger partial charge on any atom is 0.253 e. The maximum absolute atomic E-state index is 15.2. The lowest BCUT2D eigenvalue weighted by molar-refractivity contribution is 0.0629. The molecule has 0 radical (unpaired) electrons. The van der Waals surface area contributed by atoms with Crippen LogP contribution in [0.5, 0.6) is 5.75 Å². The number of hydrogen-bond acceptors (Lipinski definition) is 7. The Bertz CT molecular complexity index is 1730. The first-order valence-corrected chi connectivity index (χ1v) is 14.6. The summed E-state index contributed by atoms with van der Waals surface area (Å²) in [7, 11) is 3.45. The molecule has 6 rings (SSSR count). The average Bonchev–Trinajstić information content (AvgIpc) is 3.17. The topological polar surface area (TPSA) is 91.7 Å². The number of likely N-dealkylation sites (tertiary alicyclic amines) is 1. The highest BCUT2D eigenvalue weighted by molar-refractivity contribution is 6.31. The van der Waals surface area contributed by atoms with E-state index < -0.39 is 5.82 Å². The molecule has 1 atom stereocenters. The minimum atomic E-state index is -0.443. The molecule has 2 aliphatic rings. The van der Waals surface area contributed by atoms with Gasteiger partial charge in [-0.2, -0.15) is 0 Å². The number of piperidine rings is 1. The molecule has 1 amide bonds. The van der Waals surface area contributed by atoms with Crippen LogP contribution in [-0.4, -0.2) is 59.3 Å². The molecule has 3 aromatic carbocycles. The summed E-state index contributed by atoms with van der Waals surface area (Å²) in [6.45, 7) is 3.82. The van der Waals surface area contributed by atoms with Crippen LogP contribution in [-0.2, 0) is 6.54 Å². The first kappa shape index (κ1) is 31.1. The molecule has 1 saturated heterocycles. The van der Waals surface area contributed by atoms with Crippen LogP contribution in [0.2, 0.25) is 5.02 Å². The number of hydrogen-bond donors (Lipinski definition) is 2. The van der Waals surface area contributed by atoms with Crippen molar-refractivity contribution in [3.8, 4) is 17.0 Å². The number of likely N-dealkylation sites (N-methyl/N-ethyl adjacent to an activating group) is 1. The standard InChI is InChI=1S/C33H32ClFN6O2.CH4/c1-33(36-2)14-5-15-41(19-33)31(42)20-8-11-23(12-9-20)39-32-38-18-21-17-37-30(28-26(35)6-4-7-27(28)43-3)25-16-22(34)10-13-24(25)29(21)40-32;/h4,6-13,16,18,36H,5,14-15,17,19H2,1-3H3,(H,38,39,40);1H4. The summed E-state index contributed by atoms with van der Waals surface area (Å²) in [5.41, 5.74) is 4.86. The van der Waals surface area contributed by atoms with E-state index in [0.717, 1.165) is 36.2 Å². The third-order valence-electron chi connectivity index (χ3n) is 8.17. The lowest BCUT2D eigenvalue weighted by Gasteiger charge is -2.40. The molecule has 1 aromatic heterocycles. The van der Waals surface area contributed by atoms with Crippen molar-refractivity contribution < 1.29 is 13.9 Å². The second-order valence-corrected chi connectivity index (χ2v) is 11.5. The van der Waals surface area contributed by atoms with Crippen LogP contribution in [0.3, 0.4) is 0 Å². The Balaban J connectivity index is 0.00000384. The smallest absolute Gasteiger partial charge is 0.253 e. The van der Waals surface area contributed by atoms with E-state index in [-0.39, 0.29) is 31.0 Å². The number of ether oxygens (including phenoxy) is 1. The fraction of sp³-hybridized carbons (Fsp3) is 0.294. The molecule has 0 aliphatic carbocycles. The van der Waals surface area contributed by atoms with E-state index in [1.54, 1.807) is 30.5 Å². The molecule has 0 bridgehead atoms. The van der Waals surface area contributed by atoms with Crippen molar-refractivity contribution in [3.63, 3.8) is 0 Å². The number of fused-ring (bicyclic) bond motifs is 3. The van der Waals surface area contributed by atoms with Gasteiger partial charge in [-0.1, -0.05) is 31.2 Å². The first-order valence-electron chi connectivity index (χ1n) is 14.2. The average molecular weight is 615 g/mol. The number of amides is 1. The van der Waals surface area contributed by atoms with Gasteiger partial charge in [0, 0.05) is 57.8 Å². The predicted octanol–water partition coefficient (Wildman–Crippen LogP) is 6.89. The number of anilines is 2. The summed E-state index contributed by atoms with van der Waals surface area (Å²) in [4.78, 5) is 29.3. The van der Waals surface area contributed by atoms with Gasteiger partial charge in [0.05, 0.1) is 30.6 Å². The molecule has 0 spiro atoms. The number of halogens is 2. The molecule has 10 heteroatoms. The van der Waals surface area contributed by atoms with Crippen molar-refractivity contribution in [1.29, 1.82) is 0 Å². The second kappa shape index (κ2) is 12.7. The maximum atomic E-state index is 15.2. The van der Waals surface area contributed by atoms with Crippen molar-refractivity contribution in [2.45, 2.75) is 39.3 Å². The van der Waals surface area contributed by atoms with Crippen LogP contribution in [0.25, 0.3) is 11.3 Å². The van der Waals surface area contributed by atoms with Gasteiger partial charge in [-0.3, -0.25) is 9.79 Å². The van der Waals surface area contributed by atoms with Gasteiger partial charge in [-0.05, 0) is 75.3 Å². The molecule has 1 fully saturated rings. The van der Waals surface area contributed by atoms with Crippen LogP contribution in [0, 0.1) is 5.82 Å². The molecule has 2 aliphatic heterocycles. The number of benzene rings is 3. The molecule has 3 heterocycles. The van der Waals surface area contributed by atoms with E-state index in [1.165, 1.54) is 13.2 Å². The van der Waals surface area contributed by atoms with Crippen molar-refractivity contribution in [1.82, 2.24) is 20.2 Å². The Morgan fingerprint density at radius 3 is 2.66 bits per heavy atom. The third kappa shape index (κ3) is 6.02. The van der Waals surface area contributed by atoms with Gasteiger partial charge < -0.3 is 20.3 Å². The molecular formula is C34H36ClFN6O2. The van der Waals surface area contributed by atoms with Gasteiger partial charge in [-0.15, -0.1) is 0 Å². The summed E-state index contributed by atoms with van der Waals surface area (Å²) in [6.07, 6.45) is 3.73. The van der Waals surface area contributed by atoms with E-state index in [9.17, 15) is 4.79 Å². The number of aromatic nitrogens is 2. The number of nitrogens with one attached hydrogen (secondary N) is 2. The highest BCUT2D eigenvalue weighted by Gasteiger charge is 2.32. The van der Waals surface area contributed by atoms with Crippen molar-refractivity contribution in [2.75, 3.05) is 32.6 Å². The van der Waals surface area contributed by atoms with E-state index in [4.69, 9.17) is 26.3 Å². The van der Waals surface area contributed by atoms with Gasteiger partial charge in [-0.25, -0.2) is 14.4 Å². The lowest BCUT2D eigenvalue weighted by atomic mass is 9.91. The summed E-state index contributed by atoms with van der Waals surface area (Å²) in [6, 6.07) is 17.4. The van der Waals surface area contributed by atoms with Crippen LogP contribution in [0.4, 0.5) is 16.0 Å². The zero-order chi connectivity index (χ0) is 30.1. The predicted molar refractivity (Wildman–Crippen MR) is 174 cm³/mol. The Labute approximate surface area is 262 Å². The zero-order valence-electron chi connectivity index (χ0n) is 24.2. The number of nitrogens with zero attached hydrogens (tertiary/aromatic N) is 4. The SMILES string of the molecule is C.CNC1(C)CCCN(C(=O)c2ccc(Nc3ncc4c(n3)-c3ccc(Cl)cc3C(c3c(F)cccc3OC)=NC4)cc2)C1. The van der Waals surface area contributed by atoms with Crippen LogP contribution < -0.4 is 15.4 Å². The molecule has 0 saturated carbocycles. The largest absolute Gasteiger partial charge is 0.496 e. The van der Waals surface area contributed by atoms with Gasteiger partial charge in [0.1, 0.15) is 11.6 Å². The number of rotatable bonds is 6. The summed E-state index contributed by atoms with van der Waals surface area (Å²) in [5, 5.41) is 7.10. The second-order valence-electron chi connectivity index (χ2n) is 11.1. The van der Waals surface area contributed by atoms with E-state index in [2.05, 4.69) is 22.5 Å². The third-order valence-corrected chi connectivity index (χ3v) is 8.41. The van der Waals surface area contributed by atoms with Gasteiger partial charge in [0.25, 0.3) is 5.91 Å². The Hall–Kier alpha value is -4.34. The van der Waals surface area contributed by atoms with Crippen LogP contribution >= 0.6 is 11.6 Å². The Morgan fingerprint density at radius 2 is 1.91 bits per heavy atom.